The number of amides is 2. The van der Waals surface area contributed by atoms with Crippen LogP contribution in [0.5, 0.6) is 0 Å². The summed E-state index contributed by atoms with van der Waals surface area (Å²) in [5, 5.41) is 14.3. The predicted molar refractivity (Wildman–Crippen MR) is 117 cm³/mol. The maximum absolute atomic E-state index is 12.4. The number of halogens is 1. The molecule has 1 N–H and O–H groups in total. The molecule has 3 rings (SSSR count). The van der Waals surface area contributed by atoms with Crippen molar-refractivity contribution in [1.82, 2.24) is 19.7 Å². The van der Waals surface area contributed by atoms with Crippen molar-refractivity contribution in [2.24, 2.45) is 0 Å². The average Bonchev–Trinajstić information content (AvgIpc) is 3.36. The highest BCUT2D eigenvalue weighted by Gasteiger charge is 2.18. The van der Waals surface area contributed by atoms with Gasteiger partial charge >= 0.3 is 0 Å². The Balaban J connectivity index is 1.55. The zero-order valence-corrected chi connectivity index (χ0v) is 18.4. The Hall–Kier alpha value is -2.36. The van der Waals surface area contributed by atoms with E-state index < -0.39 is 0 Å². The van der Waals surface area contributed by atoms with Crippen LogP contribution >= 0.6 is 34.7 Å². The Morgan fingerprint density at radius 2 is 2.03 bits per heavy atom. The molecule has 0 spiro atoms. The standard InChI is InChI=1S/C19H20ClN5O2S2/c1-3-25-18(15-9-6-10-28-15)22-23-19(25)29-12-17(27)24(2)11-16(26)21-14-8-5-4-7-13(14)20/h4-10H,3,11-12H2,1-2H3,(H,21,26). The quantitative estimate of drug-likeness (QED) is 0.528. The van der Waals surface area contributed by atoms with Gasteiger partial charge in [-0.1, -0.05) is 41.6 Å². The van der Waals surface area contributed by atoms with Gasteiger partial charge in [0, 0.05) is 13.6 Å². The number of para-hydroxylation sites is 1. The number of thioether (sulfide) groups is 1. The lowest BCUT2D eigenvalue weighted by Crippen LogP contribution is -2.36. The van der Waals surface area contributed by atoms with Gasteiger partial charge in [0.25, 0.3) is 0 Å². The normalized spacial score (nSPS) is 10.7. The van der Waals surface area contributed by atoms with E-state index in [1.807, 2.05) is 29.0 Å². The van der Waals surface area contributed by atoms with Gasteiger partial charge in [-0.25, -0.2) is 0 Å². The van der Waals surface area contributed by atoms with Crippen molar-refractivity contribution < 1.29 is 9.59 Å². The molecule has 0 atom stereocenters. The molecule has 0 aliphatic rings. The number of hydrogen-bond acceptors (Lipinski definition) is 6. The third-order valence-corrected chi connectivity index (χ3v) is 6.20. The van der Waals surface area contributed by atoms with Gasteiger partial charge in [0.1, 0.15) is 0 Å². The summed E-state index contributed by atoms with van der Waals surface area (Å²) in [5.41, 5.74) is 0.520. The summed E-state index contributed by atoms with van der Waals surface area (Å²) in [7, 11) is 1.59. The molecule has 0 saturated carbocycles. The number of rotatable bonds is 8. The lowest BCUT2D eigenvalue weighted by atomic mass is 10.3. The number of anilines is 1. The lowest BCUT2D eigenvalue weighted by Gasteiger charge is -2.17. The fraction of sp³-hybridized carbons (Fsp3) is 0.263. The number of aromatic nitrogens is 3. The fourth-order valence-corrected chi connectivity index (χ4v) is 4.40. The summed E-state index contributed by atoms with van der Waals surface area (Å²) in [6.07, 6.45) is 0. The predicted octanol–water partition coefficient (Wildman–Crippen LogP) is 3.87. The topological polar surface area (TPSA) is 80.1 Å². The van der Waals surface area contributed by atoms with Gasteiger partial charge in [0.05, 0.1) is 27.9 Å². The van der Waals surface area contributed by atoms with Crippen molar-refractivity contribution in [3.8, 4) is 10.7 Å². The Morgan fingerprint density at radius 1 is 1.24 bits per heavy atom. The van der Waals surface area contributed by atoms with Crippen molar-refractivity contribution in [1.29, 1.82) is 0 Å². The molecule has 0 radical (unpaired) electrons. The number of nitrogens with one attached hydrogen (secondary N) is 1. The summed E-state index contributed by atoms with van der Waals surface area (Å²) in [6.45, 7) is 2.65. The third-order valence-electron chi connectivity index (χ3n) is 4.05. The second-order valence-corrected chi connectivity index (χ2v) is 8.39. The Morgan fingerprint density at radius 3 is 2.72 bits per heavy atom. The van der Waals surface area contributed by atoms with E-state index in [4.69, 9.17) is 11.6 Å². The van der Waals surface area contributed by atoms with Gasteiger partial charge in [-0.05, 0) is 30.5 Å². The highest BCUT2D eigenvalue weighted by molar-refractivity contribution is 7.99. The maximum Gasteiger partial charge on any atom is 0.244 e. The highest BCUT2D eigenvalue weighted by Crippen LogP contribution is 2.27. The minimum atomic E-state index is -0.310. The zero-order chi connectivity index (χ0) is 20.8. The van der Waals surface area contributed by atoms with E-state index in [-0.39, 0.29) is 24.1 Å². The Labute approximate surface area is 182 Å². The summed E-state index contributed by atoms with van der Waals surface area (Å²) in [6, 6.07) is 10.9. The van der Waals surface area contributed by atoms with Crippen LogP contribution in [0.1, 0.15) is 6.92 Å². The minimum absolute atomic E-state index is 0.0640. The average molecular weight is 450 g/mol. The largest absolute Gasteiger partial charge is 0.336 e. The van der Waals surface area contributed by atoms with Crippen LogP contribution in [0, 0.1) is 0 Å². The third kappa shape index (κ3) is 5.37. The fourth-order valence-electron chi connectivity index (χ4n) is 2.56. The van der Waals surface area contributed by atoms with Crippen LogP contribution in [0.2, 0.25) is 5.02 Å². The van der Waals surface area contributed by atoms with Gasteiger partial charge in [-0.3, -0.25) is 9.59 Å². The van der Waals surface area contributed by atoms with Gasteiger partial charge in [-0.15, -0.1) is 21.5 Å². The Bertz CT molecular complexity index is 990. The molecule has 2 heterocycles. The van der Waals surface area contributed by atoms with Crippen molar-refractivity contribution in [3.63, 3.8) is 0 Å². The molecule has 3 aromatic rings. The number of hydrogen-bond donors (Lipinski definition) is 1. The molecule has 0 aliphatic heterocycles. The molecule has 0 aliphatic carbocycles. The lowest BCUT2D eigenvalue weighted by molar-refractivity contribution is -0.131. The second-order valence-electron chi connectivity index (χ2n) is 6.09. The van der Waals surface area contributed by atoms with Crippen molar-refractivity contribution in [2.45, 2.75) is 18.6 Å². The molecule has 0 fully saturated rings. The van der Waals surface area contributed by atoms with Gasteiger partial charge in [0.15, 0.2) is 11.0 Å². The minimum Gasteiger partial charge on any atom is -0.336 e. The van der Waals surface area contributed by atoms with Crippen molar-refractivity contribution >= 4 is 52.2 Å². The van der Waals surface area contributed by atoms with E-state index in [0.29, 0.717) is 22.4 Å². The van der Waals surface area contributed by atoms with E-state index in [9.17, 15) is 9.59 Å². The van der Waals surface area contributed by atoms with Crippen LogP contribution in [0.25, 0.3) is 10.7 Å². The SMILES string of the molecule is CCn1c(SCC(=O)N(C)CC(=O)Nc2ccccc2Cl)nnc1-c1cccs1. The molecule has 0 unspecified atom stereocenters. The van der Waals surface area contributed by atoms with Crippen LogP contribution in [0.4, 0.5) is 5.69 Å². The first-order chi connectivity index (χ1) is 14.0. The first-order valence-corrected chi connectivity index (χ1v) is 11.1. The molecule has 29 heavy (non-hydrogen) atoms. The first-order valence-electron chi connectivity index (χ1n) is 8.87. The smallest absolute Gasteiger partial charge is 0.244 e. The van der Waals surface area contributed by atoms with E-state index in [1.54, 1.807) is 42.6 Å². The van der Waals surface area contributed by atoms with Gasteiger partial charge in [-0.2, -0.15) is 0 Å². The molecule has 1 aromatic carbocycles. The number of carbonyl (C=O) groups is 2. The van der Waals surface area contributed by atoms with Gasteiger partial charge < -0.3 is 14.8 Å². The number of carbonyl (C=O) groups excluding carboxylic acids is 2. The molecule has 2 aromatic heterocycles. The second kappa shape index (κ2) is 9.91. The van der Waals surface area contributed by atoms with E-state index in [2.05, 4.69) is 15.5 Å². The van der Waals surface area contributed by atoms with Crippen LogP contribution in [0.15, 0.2) is 46.9 Å². The molecule has 10 heteroatoms. The molecule has 0 bridgehead atoms. The molecule has 152 valence electrons. The first kappa shape index (κ1) is 21.4. The van der Waals surface area contributed by atoms with Crippen LogP contribution in [0.3, 0.4) is 0 Å². The van der Waals surface area contributed by atoms with E-state index >= 15 is 0 Å². The summed E-state index contributed by atoms with van der Waals surface area (Å²) in [5.74, 6) is 0.478. The zero-order valence-electron chi connectivity index (χ0n) is 16.0. The molecule has 0 saturated heterocycles. The monoisotopic (exact) mass is 449 g/mol. The van der Waals surface area contributed by atoms with Gasteiger partial charge in [0.2, 0.25) is 11.8 Å². The highest BCUT2D eigenvalue weighted by atomic mass is 35.5. The number of benzene rings is 1. The number of thiophene rings is 1. The summed E-state index contributed by atoms with van der Waals surface area (Å²) in [4.78, 5) is 27.1. The van der Waals surface area contributed by atoms with Crippen LogP contribution < -0.4 is 5.32 Å². The number of likely N-dealkylation sites (N-methyl/N-ethyl adjacent to an activating group) is 1. The molecule has 7 nitrogen and oxygen atoms in total. The maximum atomic E-state index is 12.4. The van der Waals surface area contributed by atoms with Crippen molar-refractivity contribution in [3.05, 3.63) is 46.8 Å². The van der Waals surface area contributed by atoms with Crippen LogP contribution in [-0.2, 0) is 16.1 Å². The van der Waals surface area contributed by atoms with Crippen molar-refractivity contribution in [2.75, 3.05) is 24.7 Å². The number of nitrogens with zero attached hydrogens (tertiary/aromatic N) is 4. The molecular formula is C19H20ClN5O2S2. The summed E-state index contributed by atoms with van der Waals surface area (Å²) >= 11 is 8.94. The van der Waals surface area contributed by atoms with Crippen LogP contribution in [-0.4, -0.2) is 50.8 Å². The molecular weight excluding hydrogens is 430 g/mol. The van der Waals surface area contributed by atoms with E-state index in [1.165, 1.54) is 16.7 Å². The van der Waals surface area contributed by atoms with E-state index in [0.717, 1.165) is 10.7 Å². The molecule has 2 amide bonds. The summed E-state index contributed by atoms with van der Waals surface area (Å²) < 4.78 is 1.98. The Kier molecular flexibility index (Phi) is 7.29.